The van der Waals surface area contributed by atoms with Crippen LogP contribution in [0.15, 0.2) is 71.7 Å². The molecule has 0 spiro atoms. The number of hydrogen-bond acceptors (Lipinski definition) is 3. The van der Waals surface area contributed by atoms with Crippen LogP contribution in [0.4, 0.5) is 10.1 Å². The average Bonchev–Trinajstić information content (AvgIpc) is 2.65. The maximum atomic E-state index is 13.0. The smallest absolute Gasteiger partial charge is 0.263 e. The quantitative estimate of drug-likeness (QED) is 0.705. The number of carbonyl (C=O) groups is 2. The summed E-state index contributed by atoms with van der Waals surface area (Å²) in [6.45, 7) is 1.66. The highest BCUT2D eigenvalue weighted by Crippen LogP contribution is 2.12. The van der Waals surface area contributed by atoms with E-state index in [9.17, 15) is 18.8 Å². The number of amides is 1. The molecule has 1 aromatic heterocycles. The van der Waals surface area contributed by atoms with E-state index in [1.807, 2.05) is 0 Å². The van der Waals surface area contributed by atoms with Crippen LogP contribution in [0.2, 0.25) is 0 Å². The summed E-state index contributed by atoms with van der Waals surface area (Å²) in [5.41, 5.74) is 1.16. The highest BCUT2D eigenvalue weighted by atomic mass is 19.1. The van der Waals surface area contributed by atoms with Crippen molar-refractivity contribution < 1.29 is 14.0 Å². The molecule has 2 aromatic carbocycles. The predicted molar refractivity (Wildman–Crippen MR) is 101 cm³/mol. The van der Waals surface area contributed by atoms with E-state index in [-0.39, 0.29) is 23.7 Å². The summed E-state index contributed by atoms with van der Waals surface area (Å²) in [5, 5.41) is 2.64. The summed E-state index contributed by atoms with van der Waals surface area (Å²) >= 11 is 0. The van der Waals surface area contributed by atoms with Crippen LogP contribution < -0.4 is 10.9 Å². The monoisotopic (exact) mass is 364 g/mol. The molecule has 0 unspecified atom stereocenters. The molecule has 0 aliphatic carbocycles. The number of hydrogen-bond donors (Lipinski definition) is 1. The Labute approximate surface area is 155 Å². The number of benzene rings is 2. The SMILES string of the molecule is CC(=O)c1cccc(NC(=O)c2cccn(Cc3ccc(F)cc3)c2=O)c1. The van der Waals surface area contributed by atoms with Gasteiger partial charge in [0.2, 0.25) is 0 Å². The molecule has 6 heteroatoms. The van der Waals surface area contributed by atoms with Gasteiger partial charge >= 0.3 is 0 Å². The fourth-order valence-electron chi connectivity index (χ4n) is 2.64. The summed E-state index contributed by atoms with van der Waals surface area (Å²) in [5.74, 6) is -1.03. The number of nitrogens with one attached hydrogen (secondary N) is 1. The van der Waals surface area contributed by atoms with Crippen molar-refractivity contribution in [1.29, 1.82) is 0 Å². The van der Waals surface area contributed by atoms with Gasteiger partial charge in [0, 0.05) is 17.4 Å². The standard InChI is InChI=1S/C21H17FN2O3/c1-14(25)16-4-2-5-18(12-16)23-20(26)19-6-3-11-24(21(19)27)13-15-7-9-17(22)10-8-15/h2-12H,13H2,1H3,(H,23,26). The van der Waals surface area contributed by atoms with Gasteiger partial charge in [0.25, 0.3) is 11.5 Å². The topological polar surface area (TPSA) is 68.2 Å². The van der Waals surface area contributed by atoms with E-state index in [0.717, 1.165) is 5.56 Å². The molecule has 0 fully saturated rings. The molecule has 0 bridgehead atoms. The van der Waals surface area contributed by atoms with Crippen LogP contribution in [-0.4, -0.2) is 16.3 Å². The number of nitrogens with zero attached hydrogens (tertiary/aromatic N) is 1. The van der Waals surface area contributed by atoms with Crippen molar-refractivity contribution in [2.75, 3.05) is 5.32 Å². The Morgan fingerprint density at radius 2 is 1.78 bits per heavy atom. The Hall–Kier alpha value is -3.54. The van der Waals surface area contributed by atoms with Gasteiger partial charge in [-0.1, -0.05) is 24.3 Å². The third-order valence-corrected chi connectivity index (χ3v) is 4.06. The molecule has 0 atom stereocenters. The molecule has 0 radical (unpaired) electrons. The second kappa shape index (κ2) is 7.78. The Kier molecular flexibility index (Phi) is 5.26. The number of anilines is 1. The van der Waals surface area contributed by atoms with E-state index in [4.69, 9.17) is 0 Å². The maximum absolute atomic E-state index is 13.0. The van der Waals surface area contributed by atoms with Gasteiger partial charge in [0.15, 0.2) is 5.78 Å². The van der Waals surface area contributed by atoms with Gasteiger partial charge in [-0.25, -0.2) is 4.39 Å². The third-order valence-electron chi connectivity index (χ3n) is 4.06. The zero-order valence-corrected chi connectivity index (χ0v) is 14.6. The lowest BCUT2D eigenvalue weighted by Gasteiger charge is -2.09. The van der Waals surface area contributed by atoms with E-state index >= 15 is 0 Å². The van der Waals surface area contributed by atoms with Crippen molar-refractivity contribution in [3.63, 3.8) is 0 Å². The van der Waals surface area contributed by atoms with Gasteiger partial charge in [-0.05, 0) is 48.9 Å². The summed E-state index contributed by atoms with van der Waals surface area (Å²) in [7, 11) is 0. The average molecular weight is 364 g/mol. The summed E-state index contributed by atoms with van der Waals surface area (Å²) in [4.78, 5) is 36.6. The zero-order chi connectivity index (χ0) is 19.4. The first kappa shape index (κ1) is 18.3. The molecule has 1 amide bonds. The molecule has 0 aliphatic heterocycles. The third kappa shape index (κ3) is 4.36. The van der Waals surface area contributed by atoms with Crippen molar-refractivity contribution in [3.8, 4) is 0 Å². The van der Waals surface area contributed by atoms with Crippen LogP contribution in [0.1, 0.15) is 33.2 Å². The molecule has 1 heterocycles. The van der Waals surface area contributed by atoms with Crippen LogP contribution >= 0.6 is 0 Å². The lowest BCUT2D eigenvalue weighted by molar-refractivity contribution is 0.101. The van der Waals surface area contributed by atoms with Crippen molar-refractivity contribution in [1.82, 2.24) is 4.57 Å². The van der Waals surface area contributed by atoms with Crippen molar-refractivity contribution in [3.05, 3.63) is 99.7 Å². The van der Waals surface area contributed by atoms with Gasteiger partial charge in [-0.15, -0.1) is 0 Å². The van der Waals surface area contributed by atoms with E-state index in [2.05, 4.69) is 5.32 Å². The first-order valence-corrected chi connectivity index (χ1v) is 8.30. The Bertz CT molecular complexity index is 1060. The largest absolute Gasteiger partial charge is 0.322 e. The molecule has 5 nitrogen and oxygen atoms in total. The number of halogens is 1. The normalized spacial score (nSPS) is 10.4. The number of rotatable bonds is 5. The second-order valence-corrected chi connectivity index (χ2v) is 6.07. The highest BCUT2D eigenvalue weighted by molar-refractivity contribution is 6.04. The maximum Gasteiger partial charge on any atom is 0.263 e. The Balaban J connectivity index is 1.83. The minimum atomic E-state index is -0.561. The van der Waals surface area contributed by atoms with Gasteiger partial charge in [-0.2, -0.15) is 0 Å². The minimum Gasteiger partial charge on any atom is -0.322 e. The molecule has 3 rings (SSSR count). The van der Waals surface area contributed by atoms with Crippen LogP contribution in [-0.2, 0) is 6.54 Å². The summed E-state index contributed by atoms with van der Waals surface area (Å²) in [6.07, 6.45) is 1.57. The van der Waals surface area contributed by atoms with Crippen LogP contribution in [0.3, 0.4) is 0 Å². The van der Waals surface area contributed by atoms with E-state index in [1.54, 1.807) is 48.7 Å². The van der Waals surface area contributed by atoms with Gasteiger partial charge in [0.05, 0.1) is 6.54 Å². The second-order valence-electron chi connectivity index (χ2n) is 6.07. The van der Waals surface area contributed by atoms with Crippen molar-refractivity contribution in [2.45, 2.75) is 13.5 Å². The fraction of sp³-hybridized carbons (Fsp3) is 0.0952. The molecule has 0 saturated heterocycles. The number of pyridine rings is 1. The first-order chi connectivity index (χ1) is 12.9. The molecule has 1 N–H and O–H groups in total. The fourth-order valence-corrected chi connectivity index (χ4v) is 2.64. The number of ketones is 1. The number of carbonyl (C=O) groups excluding carboxylic acids is 2. The number of aromatic nitrogens is 1. The molecule has 27 heavy (non-hydrogen) atoms. The Morgan fingerprint density at radius 1 is 1.04 bits per heavy atom. The summed E-state index contributed by atoms with van der Waals surface area (Å²) < 4.78 is 14.4. The van der Waals surface area contributed by atoms with E-state index in [0.29, 0.717) is 11.3 Å². The molecular weight excluding hydrogens is 347 g/mol. The lowest BCUT2D eigenvalue weighted by Crippen LogP contribution is -2.29. The molecule has 0 saturated carbocycles. The van der Waals surface area contributed by atoms with Crippen LogP contribution in [0, 0.1) is 5.82 Å². The van der Waals surface area contributed by atoms with Crippen molar-refractivity contribution >= 4 is 17.4 Å². The minimum absolute atomic E-state index is 0.0205. The first-order valence-electron chi connectivity index (χ1n) is 8.30. The van der Waals surface area contributed by atoms with Crippen LogP contribution in [0.5, 0.6) is 0 Å². The predicted octanol–water partition coefficient (Wildman–Crippen LogP) is 3.49. The molecule has 0 aliphatic rings. The van der Waals surface area contributed by atoms with E-state index in [1.165, 1.54) is 29.7 Å². The molecule has 3 aromatic rings. The van der Waals surface area contributed by atoms with E-state index < -0.39 is 11.5 Å². The van der Waals surface area contributed by atoms with Gasteiger partial charge in [-0.3, -0.25) is 14.4 Å². The zero-order valence-electron chi connectivity index (χ0n) is 14.6. The van der Waals surface area contributed by atoms with Crippen LogP contribution in [0.25, 0.3) is 0 Å². The molecular formula is C21H17FN2O3. The molecule has 136 valence electrons. The van der Waals surface area contributed by atoms with Gasteiger partial charge < -0.3 is 9.88 Å². The van der Waals surface area contributed by atoms with Gasteiger partial charge in [0.1, 0.15) is 11.4 Å². The lowest BCUT2D eigenvalue weighted by atomic mass is 10.1. The Morgan fingerprint density at radius 3 is 2.48 bits per heavy atom. The highest BCUT2D eigenvalue weighted by Gasteiger charge is 2.13. The summed E-state index contributed by atoms with van der Waals surface area (Å²) in [6, 6.07) is 15.4. The van der Waals surface area contributed by atoms with Crippen molar-refractivity contribution in [2.24, 2.45) is 0 Å². The number of Topliss-reactive ketones (excluding diaryl/α,β-unsaturated/α-hetero) is 1.